The number of thioether (sulfide) groups is 2. The third-order valence-electron chi connectivity index (χ3n) is 5.93. The number of nitrogens with zero attached hydrogens (tertiary/aromatic N) is 3. The number of pyridine rings is 1. The number of hydrogen-bond donors (Lipinski definition) is 0. The molecule has 3 heterocycles. The molecule has 0 radical (unpaired) electrons. The van der Waals surface area contributed by atoms with Gasteiger partial charge in [-0.15, -0.1) is 23.5 Å². The first-order chi connectivity index (χ1) is 15.6. The summed E-state index contributed by atoms with van der Waals surface area (Å²) in [4.78, 5) is 34.3. The van der Waals surface area contributed by atoms with Crippen LogP contribution in [0.1, 0.15) is 46.1 Å². The maximum absolute atomic E-state index is 13.0. The summed E-state index contributed by atoms with van der Waals surface area (Å²) < 4.78 is 0. The first-order valence-electron chi connectivity index (χ1n) is 11.1. The second kappa shape index (κ2) is 11.1. The number of carbonyl (C=O) groups excluding carboxylic acids is 2. The van der Waals surface area contributed by atoms with Crippen LogP contribution in [0.25, 0.3) is 6.08 Å². The lowest BCUT2D eigenvalue weighted by atomic mass is 9.89. The molecule has 168 valence electrons. The molecule has 2 aromatic rings. The smallest absolute Gasteiger partial charge is 0.256 e. The van der Waals surface area contributed by atoms with Crippen molar-refractivity contribution in [2.45, 2.75) is 25.7 Å². The van der Waals surface area contributed by atoms with Gasteiger partial charge >= 0.3 is 0 Å². The van der Waals surface area contributed by atoms with Crippen molar-refractivity contribution in [2.24, 2.45) is 0 Å². The largest absolute Gasteiger partial charge is 0.342 e. The standard InChI is InChI=1S/C25H29N3O2S2/c1-19-7-8-22(25(30)28-14-16-32-18-28)24(26-19)21-9-12-27(13-10-21)23(29)17-31-15-11-20-5-3-2-4-6-20/h2-8,11,15,21H,9-10,12-14,16-18H2,1H3. The van der Waals surface area contributed by atoms with E-state index >= 15 is 0 Å². The number of piperidine rings is 1. The number of amides is 2. The molecule has 0 unspecified atom stereocenters. The molecule has 1 aromatic heterocycles. The summed E-state index contributed by atoms with van der Waals surface area (Å²) in [6, 6.07) is 14.0. The summed E-state index contributed by atoms with van der Waals surface area (Å²) in [5, 5.41) is 1.99. The highest BCUT2D eigenvalue weighted by Gasteiger charge is 2.30. The van der Waals surface area contributed by atoms with Crippen molar-refractivity contribution in [1.82, 2.24) is 14.8 Å². The van der Waals surface area contributed by atoms with Gasteiger partial charge in [0.1, 0.15) is 0 Å². The number of benzene rings is 1. The Hall–Kier alpha value is -2.25. The Morgan fingerprint density at radius 3 is 2.59 bits per heavy atom. The topological polar surface area (TPSA) is 53.5 Å². The van der Waals surface area contributed by atoms with Gasteiger partial charge in [0.2, 0.25) is 5.91 Å². The van der Waals surface area contributed by atoms with E-state index in [0.717, 1.165) is 66.6 Å². The monoisotopic (exact) mass is 467 g/mol. The molecule has 0 saturated carbocycles. The van der Waals surface area contributed by atoms with Crippen molar-refractivity contribution in [2.75, 3.05) is 37.0 Å². The van der Waals surface area contributed by atoms with E-state index in [4.69, 9.17) is 4.98 Å². The molecule has 0 spiro atoms. The Morgan fingerprint density at radius 1 is 1.09 bits per heavy atom. The van der Waals surface area contributed by atoms with Crippen LogP contribution in [0.5, 0.6) is 0 Å². The summed E-state index contributed by atoms with van der Waals surface area (Å²) in [5.74, 6) is 2.70. The fourth-order valence-electron chi connectivity index (χ4n) is 4.12. The molecule has 5 nitrogen and oxygen atoms in total. The predicted molar refractivity (Wildman–Crippen MR) is 134 cm³/mol. The molecule has 0 atom stereocenters. The molecule has 2 amide bonds. The lowest BCUT2D eigenvalue weighted by Gasteiger charge is -2.32. The molecular weight excluding hydrogens is 438 g/mol. The molecule has 4 rings (SSSR count). The molecule has 2 fully saturated rings. The van der Waals surface area contributed by atoms with E-state index in [0.29, 0.717) is 5.75 Å². The molecule has 7 heteroatoms. The van der Waals surface area contributed by atoms with Gasteiger partial charge in [0.15, 0.2) is 0 Å². The third-order valence-corrected chi connectivity index (χ3v) is 7.64. The Morgan fingerprint density at radius 2 is 1.88 bits per heavy atom. The lowest BCUT2D eigenvalue weighted by Crippen LogP contribution is -2.39. The van der Waals surface area contributed by atoms with Crippen LogP contribution in [-0.2, 0) is 4.79 Å². The Bertz CT molecular complexity index is 966. The van der Waals surface area contributed by atoms with Crippen LogP contribution in [0.2, 0.25) is 0 Å². The van der Waals surface area contributed by atoms with Crippen LogP contribution in [-0.4, -0.2) is 63.6 Å². The SMILES string of the molecule is Cc1ccc(C(=O)N2CCSC2)c(C2CCN(C(=O)CSC=Cc3ccccc3)CC2)n1. The maximum Gasteiger partial charge on any atom is 0.256 e. The van der Waals surface area contributed by atoms with Crippen LogP contribution in [0, 0.1) is 6.92 Å². The Balaban J connectivity index is 1.32. The Labute approximate surface area is 198 Å². The van der Waals surface area contributed by atoms with Gasteiger partial charge in [-0.3, -0.25) is 14.6 Å². The van der Waals surface area contributed by atoms with Crippen LogP contribution in [0.3, 0.4) is 0 Å². The molecule has 2 saturated heterocycles. The van der Waals surface area contributed by atoms with Gasteiger partial charge in [-0.05, 0) is 48.9 Å². The van der Waals surface area contributed by atoms with E-state index in [1.165, 1.54) is 11.8 Å². The summed E-state index contributed by atoms with van der Waals surface area (Å²) >= 11 is 3.33. The summed E-state index contributed by atoms with van der Waals surface area (Å²) in [5.41, 5.74) is 3.73. The minimum Gasteiger partial charge on any atom is -0.342 e. The fraction of sp³-hybridized carbons (Fsp3) is 0.400. The van der Waals surface area contributed by atoms with Gasteiger partial charge in [0, 0.05) is 37.0 Å². The summed E-state index contributed by atoms with van der Waals surface area (Å²) in [7, 11) is 0. The van der Waals surface area contributed by atoms with Crippen molar-refractivity contribution in [1.29, 1.82) is 0 Å². The van der Waals surface area contributed by atoms with Crippen molar-refractivity contribution in [3.63, 3.8) is 0 Å². The average molecular weight is 468 g/mol. The summed E-state index contributed by atoms with van der Waals surface area (Å²) in [6.07, 6.45) is 3.73. The van der Waals surface area contributed by atoms with E-state index in [1.807, 2.05) is 70.7 Å². The predicted octanol–water partition coefficient (Wildman–Crippen LogP) is 4.65. The van der Waals surface area contributed by atoms with Crippen LogP contribution >= 0.6 is 23.5 Å². The van der Waals surface area contributed by atoms with Crippen molar-refractivity contribution in [3.05, 3.63) is 70.4 Å². The Kier molecular flexibility index (Phi) is 7.92. The lowest BCUT2D eigenvalue weighted by molar-refractivity contribution is -0.129. The van der Waals surface area contributed by atoms with E-state index in [2.05, 4.69) is 0 Å². The van der Waals surface area contributed by atoms with Crippen molar-refractivity contribution >= 4 is 41.4 Å². The van der Waals surface area contributed by atoms with Gasteiger partial charge in [0.25, 0.3) is 5.91 Å². The number of aromatic nitrogens is 1. The average Bonchev–Trinajstić information content (AvgIpc) is 3.37. The first-order valence-corrected chi connectivity index (χ1v) is 13.3. The molecule has 0 aliphatic carbocycles. The zero-order valence-electron chi connectivity index (χ0n) is 18.4. The first kappa shape index (κ1) is 22.9. The number of hydrogen-bond acceptors (Lipinski definition) is 5. The number of rotatable bonds is 6. The van der Waals surface area contributed by atoms with Crippen molar-refractivity contribution in [3.8, 4) is 0 Å². The highest BCUT2D eigenvalue weighted by Crippen LogP contribution is 2.31. The highest BCUT2D eigenvalue weighted by atomic mass is 32.2. The van der Waals surface area contributed by atoms with Crippen molar-refractivity contribution < 1.29 is 9.59 Å². The number of carbonyl (C=O) groups is 2. The zero-order chi connectivity index (χ0) is 22.3. The van der Waals surface area contributed by atoms with Crippen LogP contribution in [0.4, 0.5) is 0 Å². The molecule has 1 aromatic carbocycles. The normalized spacial score (nSPS) is 17.3. The molecular formula is C25H29N3O2S2. The molecule has 0 N–H and O–H groups in total. The van der Waals surface area contributed by atoms with E-state index in [1.54, 1.807) is 11.8 Å². The van der Waals surface area contributed by atoms with Gasteiger partial charge in [0.05, 0.1) is 22.9 Å². The van der Waals surface area contributed by atoms with Crippen LogP contribution in [0.15, 0.2) is 47.9 Å². The second-order valence-corrected chi connectivity index (χ2v) is 10.1. The summed E-state index contributed by atoms with van der Waals surface area (Å²) in [6.45, 7) is 4.22. The van der Waals surface area contributed by atoms with E-state index in [9.17, 15) is 9.59 Å². The van der Waals surface area contributed by atoms with E-state index in [-0.39, 0.29) is 17.7 Å². The number of likely N-dealkylation sites (tertiary alicyclic amines) is 1. The zero-order valence-corrected chi connectivity index (χ0v) is 20.0. The molecule has 2 aliphatic rings. The number of aryl methyl sites for hydroxylation is 1. The molecule has 0 bridgehead atoms. The quantitative estimate of drug-likeness (QED) is 0.619. The third kappa shape index (κ3) is 5.75. The minimum absolute atomic E-state index is 0.0950. The minimum atomic E-state index is 0.0950. The second-order valence-electron chi connectivity index (χ2n) is 8.17. The van der Waals surface area contributed by atoms with Gasteiger partial charge in [-0.25, -0.2) is 0 Å². The highest BCUT2D eigenvalue weighted by molar-refractivity contribution is 8.02. The van der Waals surface area contributed by atoms with E-state index < -0.39 is 0 Å². The van der Waals surface area contributed by atoms with Crippen LogP contribution < -0.4 is 0 Å². The van der Waals surface area contributed by atoms with Gasteiger partial charge in [-0.1, -0.05) is 30.3 Å². The van der Waals surface area contributed by atoms with Gasteiger partial charge < -0.3 is 9.80 Å². The molecule has 2 aliphatic heterocycles. The maximum atomic E-state index is 13.0. The van der Waals surface area contributed by atoms with Gasteiger partial charge in [-0.2, -0.15) is 0 Å². The fourth-order valence-corrected chi connectivity index (χ4v) is 5.74. The molecule has 32 heavy (non-hydrogen) atoms.